The first kappa shape index (κ1) is 26.9. The summed E-state index contributed by atoms with van der Waals surface area (Å²) in [6.45, 7) is 5.58. The van der Waals surface area contributed by atoms with Crippen LogP contribution in [0.3, 0.4) is 0 Å². The van der Waals surface area contributed by atoms with E-state index in [0.29, 0.717) is 6.61 Å². The SMILES string of the molecule is CS(=O)(=O)C(CCn1ccc(-c2ccc(OCCCCCN3CCOCC3)cc2)cc1=O)C(N)=O. The van der Waals surface area contributed by atoms with Gasteiger partial charge in [0.1, 0.15) is 11.0 Å². The molecular formula is C25H35N3O6S. The van der Waals surface area contributed by atoms with Gasteiger partial charge >= 0.3 is 0 Å². The van der Waals surface area contributed by atoms with Crippen LogP contribution in [0, 0.1) is 0 Å². The zero-order chi connectivity index (χ0) is 25.3. The Morgan fingerprint density at radius 1 is 1.06 bits per heavy atom. The largest absolute Gasteiger partial charge is 0.494 e. The smallest absolute Gasteiger partial charge is 0.251 e. The Labute approximate surface area is 206 Å². The van der Waals surface area contributed by atoms with Crippen molar-refractivity contribution >= 4 is 15.7 Å². The lowest BCUT2D eigenvalue weighted by Crippen LogP contribution is -2.36. The van der Waals surface area contributed by atoms with Crippen molar-refractivity contribution in [3.05, 3.63) is 52.9 Å². The van der Waals surface area contributed by atoms with Crippen molar-refractivity contribution in [3.8, 4) is 16.9 Å². The molecule has 1 aromatic carbocycles. The van der Waals surface area contributed by atoms with E-state index in [4.69, 9.17) is 15.2 Å². The number of nitrogens with two attached hydrogens (primary N) is 1. The van der Waals surface area contributed by atoms with Crippen LogP contribution in [0.1, 0.15) is 25.7 Å². The third kappa shape index (κ3) is 8.48. The zero-order valence-corrected chi connectivity index (χ0v) is 21.0. The van der Waals surface area contributed by atoms with Crippen LogP contribution in [-0.2, 0) is 25.9 Å². The Bertz CT molecular complexity index is 1120. The Morgan fingerprint density at radius 3 is 2.40 bits per heavy atom. The van der Waals surface area contributed by atoms with Gasteiger partial charge in [-0.1, -0.05) is 12.1 Å². The lowest BCUT2D eigenvalue weighted by molar-refractivity contribution is -0.117. The lowest BCUT2D eigenvalue weighted by atomic mass is 10.1. The number of aryl methyl sites for hydroxylation is 1. The molecule has 35 heavy (non-hydrogen) atoms. The van der Waals surface area contributed by atoms with Crippen molar-refractivity contribution in [2.75, 3.05) is 45.7 Å². The summed E-state index contributed by atoms with van der Waals surface area (Å²) in [7, 11) is -3.63. The number of amides is 1. The molecule has 0 saturated carbocycles. The number of aromatic nitrogens is 1. The summed E-state index contributed by atoms with van der Waals surface area (Å²) in [5.74, 6) is -0.124. The summed E-state index contributed by atoms with van der Waals surface area (Å²) in [5, 5.41) is -1.31. The maximum Gasteiger partial charge on any atom is 0.251 e. The fraction of sp³-hybridized carbons (Fsp3) is 0.520. The van der Waals surface area contributed by atoms with Gasteiger partial charge in [0, 0.05) is 38.2 Å². The second-order valence-corrected chi connectivity index (χ2v) is 11.1. The number of carbonyl (C=O) groups is 1. The maximum atomic E-state index is 12.5. The molecule has 1 aromatic heterocycles. The molecule has 2 heterocycles. The quantitative estimate of drug-likeness (QED) is 0.411. The molecule has 1 aliphatic heterocycles. The number of sulfone groups is 1. The summed E-state index contributed by atoms with van der Waals surface area (Å²) < 4.78 is 36.0. The first-order valence-electron chi connectivity index (χ1n) is 12.0. The molecule has 1 aliphatic rings. The Balaban J connectivity index is 1.45. The van der Waals surface area contributed by atoms with Crippen LogP contribution in [0.15, 0.2) is 47.4 Å². The monoisotopic (exact) mass is 505 g/mol. The fourth-order valence-electron chi connectivity index (χ4n) is 4.07. The number of benzene rings is 1. The molecule has 0 radical (unpaired) electrons. The van der Waals surface area contributed by atoms with E-state index >= 15 is 0 Å². The minimum Gasteiger partial charge on any atom is -0.494 e. The Kier molecular flexibility index (Phi) is 9.88. The zero-order valence-electron chi connectivity index (χ0n) is 20.2. The number of primary amides is 1. The number of unbranched alkanes of at least 4 members (excludes halogenated alkanes) is 2. The summed E-state index contributed by atoms with van der Waals surface area (Å²) in [4.78, 5) is 26.4. The van der Waals surface area contributed by atoms with Gasteiger partial charge in [0.05, 0.1) is 19.8 Å². The van der Waals surface area contributed by atoms with Gasteiger partial charge in [0.15, 0.2) is 9.84 Å². The number of morpholine rings is 1. The maximum absolute atomic E-state index is 12.5. The van der Waals surface area contributed by atoms with Gasteiger partial charge < -0.3 is 19.8 Å². The highest BCUT2D eigenvalue weighted by Crippen LogP contribution is 2.21. The van der Waals surface area contributed by atoms with Crippen LogP contribution in [-0.4, -0.2) is 74.8 Å². The van der Waals surface area contributed by atoms with Gasteiger partial charge in [-0.15, -0.1) is 0 Å². The van der Waals surface area contributed by atoms with Gasteiger partial charge in [-0.2, -0.15) is 0 Å². The van der Waals surface area contributed by atoms with Crippen LogP contribution in [0.5, 0.6) is 5.75 Å². The molecule has 192 valence electrons. The number of hydrogen-bond donors (Lipinski definition) is 1. The van der Waals surface area contributed by atoms with Gasteiger partial charge in [-0.3, -0.25) is 14.5 Å². The van der Waals surface area contributed by atoms with E-state index in [1.54, 1.807) is 12.3 Å². The van der Waals surface area contributed by atoms with Crippen LogP contribution >= 0.6 is 0 Å². The van der Waals surface area contributed by atoms with Crippen LogP contribution < -0.4 is 16.0 Å². The highest BCUT2D eigenvalue weighted by atomic mass is 32.2. The molecule has 1 fully saturated rings. The second kappa shape index (κ2) is 12.9. The molecule has 2 aromatic rings. The van der Waals surface area contributed by atoms with Crippen LogP contribution in [0.25, 0.3) is 11.1 Å². The van der Waals surface area contributed by atoms with Gasteiger partial charge in [0.25, 0.3) is 5.56 Å². The number of carbonyl (C=O) groups excluding carboxylic acids is 1. The summed E-state index contributed by atoms with van der Waals surface area (Å²) in [6.07, 6.45) is 5.79. The minimum absolute atomic E-state index is 0.0489. The van der Waals surface area contributed by atoms with E-state index in [2.05, 4.69) is 4.90 Å². The van der Waals surface area contributed by atoms with E-state index in [0.717, 1.165) is 75.2 Å². The molecule has 1 unspecified atom stereocenters. The predicted molar refractivity (Wildman–Crippen MR) is 135 cm³/mol. The van der Waals surface area contributed by atoms with Gasteiger partial charge in [0.2, 0.25) is 5.91 Å². The van der Waals surface area contributed by atoms with Crippen LogP contribution in [0.2, 0.25) is 0 Å². The van der Waals surface area contributed by atoms with Crippen molar-refractivity contribution in [2.24, 2.45) is 5.73 Å². The lowest BCUT2D eigenvalue weighted by Gasteiger charge is -2.26. The number of rotatable bonds is 13. The standard InChI is InChI=1S/C25H35N3O6S/c1-35(31,32)23(25(26)30)10-13-28-12-9-21(19-24(28)29)20-5-7-22(8-6-20)34-16-4-2-3-11-27-14-17-33-18-15-27/h5-9,12,19,23H,2-4,10-11,13-18H2,1H3,(H2,26,30). The first-order chi connectivity index (χ1) is 16.7. The number of hydrogen-bond acceptors (Lipinski definition) is 7. The van der Waals surface area contributed by atoms with Crippen molar-refractivity contribution < 1.29 is 22.7 Å². The summed E-state index contributed by atoms with van der Waals surface area (Å²) in [6, 6.07) is 10.9. The van der Waals surface area contributed by atoms with E-state index in [1.807, 2.05) is 24.3 Å². The fourth-order valence-corrected chi connectivity index (χ4v) is 5.02. The van der Waals surface area contributed by atoms with Crippen molar-refractivity contribution in [3.63, 3.8) is 0 Å². The first-order valence-corrected chi connectivity index (χ1v) is 13.9. The predicted octanol–water partition coefficient (Wildman–Crippen LogP) is 1.69. The topological polar surface area (TPSA) is 121 Å². The van der Waals surface area contributed by atoms with E-state index in [-0.39, 0.29) is 18.5 Å². The number of nitrogens with zero attached hydrogens (tertiary/aromatic N) is 2. The molecule has 1 amide bonds. The van der Waals surface area contributed by atoms with E-state index in [1.165, 1.54) is 10.6 Å². The minimum atomic E-state index is -3.63. The second-order valence-electron chi connectivity index (χ2n) is 8.84. The van der Waals surface area contributed by atoms with Gasteiger partial charge in [-0.05, 0) is 61.6 Å². The Hall–Kier alpha value is -2.69. The average molecular weight is 506 g/mol. The summed E-state index contributed by atoms with van der Waals surface area (Å²) in [5.41, 5.74) is 6.53. The Morgan fingerprint density at radius 2 is 1.77 bits per heavy atom. The molecule has 1 saturated heterocycles. The highest BCUT2D eigenvalue weighted by Gasteiger charge is 2.26. The molecule has 9 nitrogen and oxygen atoms in total. The van der Waals surface area contributed by atoms with Gasteiger partial charge in [-0.25, -0.2) is 8.42 Å². The third-order valence-electron chi connectivity index (χ3n) is 6.14. The van der Waals surface area contributed by atoms with E-state index in [9.17, 15) is 18.0 Å². The highest BCUT2D eigenvalue weighted by molar-refractivity contribution is 7.92. The number of pyridine rings is 1. The third-order valence-corrected chi connectivity index (χ3v) is 7.64. The molecule has 2 N–H and O–H groups in total. The molecular weight excluding hydrogens is 470 g/mol. The van der Waals surface area contributed by atoms with Crippen molar-refractivity contribution in [2.45, 2.75) is 37.5 Å². The molecule has 10 heteroatoms. The van der Waals surface area contributed by atoms with Crippen molar-refractivity contribution in [1.29, 1.82) is 0 Å². The molecule has 0 aliphatic carbocycles. The van der Waals surface area contributed by atoms with E-state index < -0.39 is 21.0 Å². The van der Waals surface area contributed by atoms with Crippen molar-refractivity contribution in [1.82, 2.24) is 9.47 Å². The molecule has 0 bridgehead atoms. The normalized spacial score (nSPS) is 15.6. The summed E-state index contributed by atoms with van der Waals surface area (Å²) >= 11 is 0. The molecule has 3 rings (SSSR count). The molecule has 1 atom stereocenters. The number of ether oxygens (including phenoxy) is 2. The average Bonchev–Trinajstić information content (AvgIpc) is 2.82. The molecule has 0 spiro atoms. The van der Waals surface area contributed by atoms with Crippen LogP contribution in [0.4, 0.5) is 0 Å².